The highest BCUT2D eigenvalue weighted by Gasteiger charge is 2.12. The maximum Gasteiger partial charge on any atom is 0.247 e. The van der Waals surface area contributed by atoms with E-state index in [-0.39, 0.29) is 12.4 Å². The predicted octanol–water partition coefficient (Wildman–Crippen LogP) is 3.92. The van der Waals surface area contributed by atoms with Crippen LogP contribution < -0.4 is 4.74 Å². The Morgan fingerprint density at radius 2 is 1.75 bits per heavy atom. The summed E-state index contributed by atoms with van der Waals surface area (Å²) in [6.07, 6.45) is 1.28. The van der Waals surface area contributed by atoms with Gasteiger partial charge in [-0.25, -0.2) is 0 Å². The van der Waals surface area contributed by atoms with Crippen molar-refractivity contribution in [1.82, 2.24) is 10.2 Å². The predicted molar refractivity (Wildman–Crippen MR) is 90.2 cm³/mol. The molecule has 2 aromatic carbocycles. The van der Waals surface area contributed by atoms with Gasteiger partial charge >= 0.3 is 0 Å². The molecule has 0 bridgehead atoms. The molecule has 24 heavy (non-hydrogen) atoms. The topological polar surface area (TPSA) is 65.2 Å². The number of hydrogen-bond donors (Lipinski definition) is 0. The van der Waals surface area contributed by atoms with Crippen molar-refractivity contribution in [2.45, 2.75) is 20.8 Å². The summed E-state index contributed by atoms with van der Waals surface area (Å²) in [5.74, 6) is 1.04. The molecule has 0 unspecified atom stereocenters. The fourth-order valence-corrected chi connectivity index (χ4v) is 2.48. The molecule has 3 rings (SSSR count). The molecule has 0 radical (unpaired) electrons. The van der Waals surface area contributed by atoms with Crippen molar-refractivity contribution in [3.63, 3.8) is 0 Å². The number of benzene rings is 2. The zero-order valence-electron chi connectivity index (χ0n) is 13.9. The first kappa shape index (κ1) is 15.9. The Morgan fingerprint density at radius 1 is 1.04 bits per heavy atom. The first-order valence-corrected chi connectivity index (χ1v) is 7.65. The zero-order chi connectivity index (χ0) is 17.1. The minimum atomic E-state index is -0.0309. The number of hydrogen-bond acceptors (Lipinski definition) is 5. The zero-order valence-corrected chi connectivity index (χ0v) is 13.9. The smallest absolute Gasteiger partial charge is 0.247 e. The highest BCUT2D eigenvalue weighted by Crippen LogP contribution is 2.21. The first-order valence-electron chi connectivity index (χ1n) is 7.65. The number of aromatic nitrogens is 2. The highest BCUT2D eigenvalue weighted by atomic mass is 16.5. The lowest BCUT2D eigenvalue weighted by Gasteiger charge is -2.10. The van der Waals surface area contributed by atoms with Crippen LogP contribution in [-0.4, -0.2) is 22.6 Å². The van der Waals surface area contributed by atoms with E-state index in [0.29, 0.717) is 17.2 Å². The summed E-state index contributed by atoms with van der Waals surface area (Å²) >= 11 is 0. The van der Waals surface area contributed by atoms with Crippen LogP contribution in [0.25, 0.3) is 11.5 Å². The Hall–Kier alpha value is -2.95. The van der Waals surface area contributed by atoms with Crippen molar-refractivity contribution in [2.75, 3.05) is 6.61 Å². The van der Waals surface area contributed by atoms with E-state index in [0.717, 1.165) is 16.7 Å². The number of ether oxygens (including phenoxy) is 1. The van der Waals surface area contributed by atoms with Gasteiger partial charge in [0.25, 0.3) is 0 Å². The van der Waals surface area contributed by atoms with Crippen molar-refractivity contribution < 1.29 is 13.9 Å². The van der Waals surface area contributed by atoms with Crippen LogP contribution in [0.4, 0.5) is 0 Å². The summed E-state index contributed by atoms with van der Waals surface area (Å²) in [6.45, 7) is 5.99. The van der Waals surface area contributed by atoms with Gasteiger partial charge in [-0.1, -0.05) is 6.07 Å². The van der Waals surface area contributed by atoms with Crippen LogP contribution in [0.2, 0.25) is 0 Å². The lowest BCUT2D eigenvalue weighted by atomic mass is 9.98. The normalized spacial score (nSPS) is 10.6. The molecule has 0 amide bonds. The lowest BCUT2D eigenvalue weighted by molar-refractivity contribution is 0.0921. The SMILES string of the molecule is Cc1cc(C)c(C(=O)COc2ccc(-c3nnco3)cc2)cc1C. The van der Waals surface area contributed by atoms with Gasteiger partial charge in [0.05, 0.1) is 0 Å². The molecule has 3 aromatic rings. The minimum Gasteiger partial charge on any atom is -0.485 e. The van der Waals surface area contributed by atoms with Gasteiger partial charge < -0.3 is 9.15 Å². The van der Waals surface area contributed by atoms with Crippen molar-refractivity contribution in [1.29, 1.82) is 0 Å². The molecule has 0 N–H and O–H groups in total. The number of ketones is 1. The number of carbonyl (C=O) groups excluding carboxylic acids is 1. The van der Waals surface area contributed by atoms with E-state index >= 15 is 0 Å². The van der Waals surface area contributed by atoms with Gasteiger partial charge in [0, 0.05) is 11.1 Å². The molecule has 5 heteroatoms. The fraction of sp³-hybridized carbons (Fsp3) is 0.211. The molecule has 0 atom stereocenters. The Bertz CT molecular complexity index is 853. The summed E-state index contributed by atoms with van der Waals surface area (Å²) in [6, 6.07) is 11.1. The van der Waals surface area contributed by atoms with E-state index in [2.05, 4.69) is 10.2 Å². The Morgan fingerprint density at radius 3 is 2.42 bits per heavy atom. The number of Topliss-reactive ketones (excluding diaryl/α,β-unsaturated/α-hetero) is 1. The van der Waals surface area contributed by atoms with Crippen molar-refractivity contribution in [2.24, 2.45) is 0 Å². The van der Waals surface area contributed by atoms with Crippen LogP contribution in [0, 0.1) is 20.8 Å². The Labute approximate surface area is 140 Å². The minimum absolute atomic E-state index is 0.00322. The lowest BCUT2D eigenvalue weighted by Crippen LogP contribution is -2.13. The third-order valence-corrected chi connectivity index (χ3v) is 3.97. The number of rotatable bonds is 5. The second kappa shape index (κ2) is 6.66. The van der Waals surface area contributed by atoms with E-state index in [1.807, 2.05) is 45.0 Å². The van der Waals surface area contributed by atoms with Gasteiger partial charge in [0.1, 0.15) is 5.75 Å². The summed E-state index contributed by atoms with van der Waals surface area (Å²) in [5, 5.41) is 7.49. The fourth-order valence-electron chi connectivity index (χ4n) is 2.48. The van der Waals surface area contributed by atoms with Crippen LogP contribution in [0.5, 0.6) is 5.75 Å². The molecular formula is C19H18N2O3. The third kappa shape index (κ3) is 3.35. The van der Waals surface area contributed by atoms with Crippen LogP contribution in [-0.2, 0) is 0 Å². The van der Waals surface area contributed by atoms with E-state index in [1.54, 1.807) is 12.1 Å². The molecule has 0 aliphatic rings. The van der Waals surface area contributed by atoms with Gasteiger partial charge in [0.15, 0.2) is 12.4 Å². The van der Waals surface area contributed by atoms with Gasteiger partial charge in [-0.3, -0.25) is 4.79 Å². The van der Waals surface area contributed by atoms with Gasteiger partial charge in [-0.2, -0.15) is 0 Å². The molecule has 0 spiro atoms. The molecule has 1 aromatic heterocycles. The first-order chi connectivity index (χ1) is 11.5. The van der Waals surface area contributed by atoms with Gasteiger partial charge in [-0.15, -0.1) is 10.2 Å². The monoisotopic (exact) mass is 322 g/mol. The molecule has 0 saturated carbocycles. The summed E-state index contributed by atoms with van der Waals surface area (Å²) in [4.78, 5) is 12.4. The molecule has 5 nitrogen and oxygen atoms in total. The van der Waals surface area contributed by atoms with Crippen molar-refractivity contribution in [3.05, 3.63) is 65.0 Å². The number of nitrogens with zero attached hydrogens (tertiary/aromatic N) is 2. The summed E-state index contributed by atoms with van der Waals surface area (Å²) in [5.41, 5.74) is 4.77. The molecule has 0 aliphatic heterocycles. The van der Waals surface area contributed by atoms with E-state index in [9.17, 15) is 4.79 Å². The third-order valence-electron chi connectivity index (χ3n) is 3.97. The van der Waals surface area contributed by atoms with Gasteiger partial charge in [0.2, 0.25) is 12.3 Å². The number of aryl methyl sites for hydroxylation is 3. The Balaban J connectivity index is 1.67. The van der Waals surface area contributed by atoms with Gasteiger partial charge in [-0.05, 0) is 67.8 Å². The standard InChI is InChI=1S/C19H18N2O3/c1-12-8-14(3)17(9-13(12)2)18(22)10-23-16-6-4-15(5-7-16)19-21-20-11-24-19/h4-9,11H,10H2,1-3H3. The molecule has 0 saturated heterocycles. The van der Waals surface area contributed by atoms with Crippen LogP contribution in [0.1, 0.15) is 27.0 Å². The number of carbonyl (C=O) groups is 1. The van der Waals surface area contributed by atoms with E-state index < -0.39 is 0 Å². The molecule has 0 fully saturated rings. The molecular weight excluding hydrogens is 304 g/mol. The maximum absolute atomic E-state index is 12.4. The quantitative estimate of drug-likeness (QED) is 0.666. The van der Waals surface area contributed by atoms with Crippen molar-refractivity contribution >= 4 is 5.78 Å². The molecule has 122 valence electrons. The van der Waals surface area contributed by atoms with E-state index in [4.69, 9.17) is 9.15 Å². The average Bonchev–Trinajstić information content (AvgIpc) is 3.11. The maximum atomic E-state index is 12.4. The average molecular weight is 322 g/mol. The van der Waals surface area contributed by atoms with Crippen LogP contribution in [0.3, 0.4) is 0 Å². The molecule has 1 heterocycles. The van der Waals surface area contributed by atoms with Crippen molar-refractivity contribution in [3.8, 4) is 17.2 Å². The van der Waals surface area contributed by atoms with Crippen LogP contribution >= 0.6 is 0 Å². The Kier molecular flexibility index (Phi) is 4.42. The molecule has 0 aliphatic carbocycles. The summed E-state index contributed by atoms with van der Waals surface area (Å²) in [7, 11) is 0. The second-order valence-electron chi connectivity index (χ2n) is 5.73. The largest absolute Gasteiger partial charge is 0.485 e. The summed E-state index contributed by atoms with van der Waals surface area (Å²) < 4.78 is 10.7. The van der Waals surface area contributed by atoms with E-state index in [1.165, 1.54) is 12.0 Å². The second-order valence-corrected chi connectivity index (χ2v) is 5.73. The highest BCUT2D eigenvalue weighted by molar-refractivity contribution is 5.98. The van der Waals surface area contributed by atoms with Crippen LogP contribution in [0.15, 0.2) is 47.2 Å².